The van der Waals surface area contributed by atoms with E-state index in [9.17, 15) is 8.42 Å². The van der Waals surface area contributed by atoms with Crippen LogP contribution in [0.3, 0.4) is 0 Å². The van der Waals surface area contributed by atoms with E-state index in [1.165, 1.54) is 0 Å². The molecule has 16 heavy (non-hydrogen) atoms. The zero-order valence-corrected chi connectivity index (χ0v) is 9.81. The van der Waals surface area contributed by atoms with Crippen LogP contribution in [-0.2, 0) is 15.2 Å². The lowest BCUT2D eigenvalue weighted by atomic mass is 9.85. The van der Waals surface area contributed by atoms with Crippen LogP contribution in [0.4, 0.5) is 0 Å². The van der Waals surface area contributed by atoms with Crippen molar-refractivity contribution in [3.8, 4) is 0 Å². The summed E-state index contributed by atoms with van der Waals surface area (Å²) in [6.45, 7) is -0.793. The van der Waals surface area contributed by atoms with Gasteiger partial charge in [-0.3, -0.25) is 4.18 Å². The normalized spacial score (nSPS) is 14.3. The third-order valence-electron chi connectivity index (χ3n) is 2.40. The van der Waals surface area contributed by atoms with Gasteiger partial charge in [-0.1, -0.05) is 0 Å². The van der Waals surface area contributed by atoms with Crippen molar-refractivity contribution in [1.82, 2.24) is 0 Å². The molecule has 0 aliphatic rings. The predicted molar refractivity (Wildman–Crippen MR) is 57.2 cm³/mol. The van der Waals surface area contributed by atoms with Gasteiger partial charge in [0.25, 0.3) is 11.0 Å². The largest absolute Gasteiger partial charge is 0.396 e. The molecule has 0 aliphatic heterocycles. The molecule has 0 aromatic heterocycles. The summed E-state index contributed by atoms with van der Waals surface area (Å²) in [5.74, 6) is 0. The van der Waals surface area contributed by atoms with Crippen LogP contribution in [0.1, 0.15) is 19.3 Å². The quantitative estimate of drug-likeness (QED) is 0.295. The van der Waals surface area contributed by atoms with Crippen LogP contribution in [-0.4, -0.2) is 55.2 Å². The van der Waals surface area contributed by atoms with Gasteiger partial charge >= 0.3 is 0 Å². The lowest BCUT2D eigenvalue weighted by Gasteiger charge is -2.34. The highest BCUT2D eigenvalue weighted by Gasteiger charge is 2.35. The number of aliphatic hydroxyl groups excluding tert-OH is 3. The average Bonchev–Trinajstić information content (AvgIpc) is 2.17. The molecule has 5 N–H and O–H groups in total. The Kier molecular flexibility index (Phi) is 7.81. The summed E-state index contributed by atoms with van der Waals surface area (Å²) in [6.07, 6.45) is -0.749. The van der Waals surface area contributed by atoms with Crippen LogP contribution < -0.4 is 5.73 Å². The second-order valence-electron chi connectivity index (χ2n) is 3.51. The third-order valence-corrected chi connectivity index (χ3v) is 2.83. The van der Waals surface area contributed by atoms with E-state index in [0.29, 0.717) is 0 Å². The standard InChI is InChI=1S/C8H19NO6S/c9-8(2-5-11,3-6-12)7(1-4-10)15-16(13)14/h7,10-12,16H,1-6,9H2. The van der Waals surface area contributed by atoms with E-state index < -0.39 is 22.6 Å². The molecule has 0 saturated carbocycles. The van der Waals surface area contributed by atoms with Crippen molar-refractivity contribution in [2.24, 2.45) is 5.73 Å². The molecule has 0 amide bonds. The van der Waals surface area contributed by atoms with Gasteiger partial charge in [0.05, 0.1) is 6.10 Å². The summed E-state index contributed by atoms with van der Waals surface area (Å²) >= 11 is 0. The SMILES string of the molecule is NC(CCO)(CCO)C(CCO)O[SH](=O)=O. The lowest BCUT2D eigenvalue weighted by molar-refractivity contribution is 0.0563. The smallest absolute Gasteiger partial charge is 0.257 e. The van der Waals surface area contributed by atoms with Crippen LogP contribution >= 0.6 is 0 Å². The van der Waals surface area contributed by atoms with Gasteiger partial charge in [0.1, 0.15) is 0 Å². The first kappa shape index (κ1) is 15.8. The summed E-state index contributed by atoms with van der Waals surface area (Å²) in [5, 5.41) is 26.5. The molecule has 0 aromatic rings. The molecule has 0 rings (SSSR count). The van der Waals surface area contributed by atoms with E-state index in [0.717, 1.165) is 0 Å². The second-order valence-corrected chi connectivity index (χ2v) is 4.17. The van der Waals surface area contributed by atoms with Gasteiger partial charge in [-0.2, -0.15) is 0 Å². The molecule has 1 unspecified atom stereocenters. The Balaban J connectivity index is 4.75. The Hall–Kier alpha value is -0.250. The number of rotatable bonds is 9. The summed E-state index contributed by atoms with van der Waals surface area (Å²) in [5.41, 5.74) is 4.71. The highest BCUT2D eigenvalue weighted by molar-refractivity contribution is 7.67. The number of hydrogen-bond acceptors (Lipinski definition) is 7. The van der Waals surface area contributed by atoms with E-state index in [4.69, 9.17) is 21.1 Å². The fourth-order valence-corrected chi connectivity index (χ4v) is 2.05. The highest BCUT2D eigenvalue weighted by Crippen LogP contribution is 2.22. The lowest BCUT2D eigenvalue weighted by Crippen LogP contribution is -2.53. The molecule has 98 valence electrons. The maximum absolute atomic E-state index is 10.5. The van der Waals surface area contributed by atoms with Gasteiger partial charge in [0, 0.05) is 25.4 Å². The molecule has 0 radical (unpaired) electrons. The second kappa shape index (κ2) is 7.93. The predicted octanol–water partition coefficient (Wildman–Crippen LogP) is -2.26. The van der Waals surface area contributed by atoms with Crippen molar-refractivity contribution < 1.29 is 27.9 Å². The minimum atomic E-state index is -3.09. The van der Waals surface area contributed by atoms with Crippen LogP contribution in [0.5, 0.6) is 0 Å². The third kappa shape index (κ3) is 5.19. The number of nitrogens with two attached hydrogens (primary N) is 1. The molecule has 0 aromatic carbocycles. The highest BCUT2D eigenvalue weighted by atomic mass is 32.2. The van der Waals surface area contributed by atoms with Crippen molar-refractivity contribution >= 4 is 11.0 Å². The minimum absolute atomic E-state index is 0.0276. The number of aliphatic hydroxyl groups is 3. The first-order valence-electron chi connectivity index (χ1n) is 4.92. The average molecular weight is 257 g/mol. The van der Waals surface area contributed by atoms with Gasteiger partial charge in [-0.25, -0.2) is 8.42 Å². The number of hydrogen-bond donors (Lipinski definition) is 5. The molecule has 8 heteroatoms. The van der Waals surface area contributed by atoms with Gasteiger partial charge < -0.3 is 21.1 Å². The molecular formula is C8H19NO6S. The molecule has 0 saturated heterocycles. The molecule has 1 atom stereocenters. The molecule has 0 aliphatic carbocycles. The van der Waals surface area contributed by atoms with E-state index in [1.807, 2.05) is 0 Å². The van der Waals surface area contributed by atoms with E-state index in [2.05, 4.69) is 4.18 Å². The van der Waals surface area contributed by atoms with Gasteiger partial charge in [0.15, 0.2) is 0 Å². The first-order chi connectivity index (χ1) is 7.50. The van der Waals surface area contributed by atoms with Crippen molar-refractivity contribution in [3.63, 3.8) is 0 Å². The molecule has 0 spiro atoms. The van der Waals surface area contributed by atoms with Crippen molar-refractivity contribution in [2.75, 3.05) is 19.8 Å². The Labute approximate surface area is 96.0 Å². The topological polar surface area (TPSA) is 130 Å². The Morgan fingerprint density at radius 1 is 1.12 bits per heavy atom. The summed E-state index contributed by atoms with van der Waals surface area (Å²) in [4.78, 5) is 0. The fraction of sp³-hybridized carbons (Fsp3) is 1.00. The van der Waals surface area contributed by atoms with Crippen LogP contribution in [0.2, 0.25) is 0 Å². The van der Waals surface area contributed by atoms with Crippen molar-refractivity contribution in [1.29, 1.82) is 0 Å². The summed E-state index contributed by atoms with van der Waals surface area (Å²) in [6, 6.07) is 0. The van der Waals surface area contributed by atoms with Crippen molar-refractivity contribution in [3.05, 3.63) is 0 Å². The Bertz CT molecular complexity index is 243. The molecular weight excluding hydrogens is 238 g/mol. The molecule has 0 fully saturated rings. The van der Waals surface area contributed by atoms with Crippen LogP contribution in [0.25, 0.3) is 0 Å². The van der Waals surface area contributed by atoms with Gasteiger partial charge in [0.2, 0.25) is 0 Å². The van der Waals surface area contributed by atoms with Gasteiger partial charge in [-0.15, -0.1) is 0 Å². The van der Waals surface area contributed by atoms with Gasteiger partial charge in [-0.05, 0) is 19.3 Å². The maximum atomic E-state index is 10.5. The maximum Gasteiger partial charge on any atom is 0.257 e. The zero-order chi connectivity index (χ0) is 12.6. The summed E-state index contributed by atoms with van der Waals surface area (Å²) in [7, 11) is -3.09. The van der Waals surface area contributed by atoms with E-state index >= 15 is 0 Å². The van der Waals surface area contributed by atoms with Crippen molar-refractivity contribution in [2.45, 2.75) is 30.9 Å². The number of thiol groups is 1. The Morgan fingerprint density at radius 2 is 1.62 bits per heavy atom. The zero-order valence-electron chi connectivity index (χ0n) is 8.91. The van der Waals surface area contributed by atoms with E-state index in [-0.39, 0.29) is 39.1 Å². The van der Waals surface area contributed by atoms with Crippen LogP contribution in [0, 0.1) is 0 Å². The molecule has 7 nitrogen and oxygen atoms in total. The van der Waals surface area contributed by atoms with E-state index in [1.54, 1.807) is 0 Å². The first-order valence-corrected chi connectivity index (χ1v) is 6.02. The Morgan fingerprint density at radius 3 is 1.94 bits per heavy atom. The minimum Gasteiger partial charge on any atom is -0.396 e. The molecule has 0 bridgehead atoms. The monoisotopic (exact) mass is 257 g/mol. The molecule has 0 heterocycles. The summed E-state index contributed by atoms with van der Waals surface area (Å²) < 4.78 is 25.6. The van der Waals surface area contributed by atoms with Crippen LogP contribution in [0.15, 0.2) is 0 Å². The fourth-order valence-electron chi connectivity index (χ4n) is 1.53.